The molecule has 1 saturated heterocycles. The fourth-order valence-electron chi connectivity index (χ4n) is 3.24. The molecule has 1 amide bonds. The summed E-state index contributed by atoms with van der Waals surface area (Å²) >= 11 is 3.43. The van der Waals surface area contributed by atoms with E-state index in [1.807, 2.05) is 34.1 Å². The zero-order chi connectivity index (χ0) is 20.1. The van der Waals surface area contributed by atoms with Gasteiger partial charge in [0.05, 0.1) is 5.56 Å². The van der Waals surface area contributed by atoms with Gasteiger partial charge in [0, 0.05) is 43.3 Å². The highest BCUT2D eigenvalue weighted by Gasteiger charge is 2.31. The summed E-state index contributed by atoms with van der Waals surface area (Å²) in [6, 6.07) is 10.3. The highest BCUT2D eigenvalue weighted by molar-refractivity contribution is 9.10. The molecular weight excluding hydrogens is 435 g/mol. The molecule has 150 valence electrons. The molecule has 0 unspecified atom stereocenters. The van der Waals surface area contributed by atoms with Crippen LogP contribution in [0, 0.1) is 0 Å². The van der Waals surface area contributed by atoms with Crippen molar-refractivity contribution in [1.29, 1.82) is 0 Å². The summed E-state index contributed by atoms with van der Waals surface area (Å²) in [6.07, 6.45) is -1.65. The van der Waals surface area contributed by atoms with Crippen molar-refractivity contribution in [1.82, 2.24) is 9.88 Å². The first-order valence-electron chi connectivity index (χ1n) is 9.13. The van der Waals surface area contributed by atoms with Gasteiger partial charge in [-0.1, -0.05) is 28.1 Å². The van der Waals surface area contributed by atoms with Gasteiger partial charge in [0.2, 0.25) is 5.91 Å². The number of benzene rings is 1. The molecule has 3 rings (SSSR count). The zero-order valence-corrected chi connectivity index (χ0v) is 16.8. The fraction of sp³-hybridized carbons (Fsp3) is 0.400. The SMILES string of the molecule is O=C(CCc1cccc(Br)c1)N1CCCN(c2ccc(C(F)(F)F)cn2)CC1. The predicted octanol–water partition coefficient (Wildman–Crippen LogP) is 4.53. The summed E-state index contributed by atoms with van der Waals surface area (Å²) in [7, 11) is 0. The van der Waals surface area contributed by atoms with Crippen LogP contribution in [0.25, 0.3) is 0 Å². The Morgan fingerprint density at radius 1 is 1.11 bits per heavy atom. The van der Waals surface area contributed by atoms with Crippen molar-refractivity contribution in [2.24, 2.45) is 0 Å². The fourth-order valence-corrected chi connectivity index (χ4v) is 3.69. The standard InChI is InChI=1S/C20H21BrF3N3O/c21-17-4-1-3-15(13-17)5-8-19(28)27-10-2-9-26(11-12-27)18-7-6-16(14-25-18)20(22,23)24/h1,3-4,6-7,13-14H,2,5,8-12H2. The molecule has 28 heavy (non-hydrogen) atoms. The molecule has 1 aromatic heterocycles. The number of carbonyl (C=O) groups excluding carboxylic acids is 1. The number of carbonyl (C=O) groups is 1. The summed E-state index contributed by atoms with van der Waals surface area (Å²) in [5.41, 5.74) is 0.351. The van der Waals surface area contributed by atoms with Gasteiger partial charge in [-0.3, -0.25) is 4.79 Å². The molecule has 1 fully saturated rings. The molecule has 4 nitrogen and oxygen atoms in total. The minimum absolute atomic E-state index is 0.0993. The average molecular weight is 456 g/mol. The first-order valence-corrected chi connectivity index (χ1v) is 9.92. The molecule has 0 saturated carbocycles. The van der Waals surface area contributed by atoms with E-state index in [1.165, 1.54) is 6.07 Å². The van der Waals surface area contributed by atoms with Crippen molar-refractivity contribution in [2.75, 3.05) is 31.1 Å². The van der Waals surface area contributed by atoms with Crippen molar-refractivity contribution in [3.8, 4) is 0 Å². The molecule has 2 heterocycles. The smallest absolute Gasteiger partial charge is 0.355 e. The minimum atomic E-state index is -4.39. The van der Waals surface area contributed by atoms with Gasteiger partial charge in [-0.25, -0.2) is 4.98 Å². The van der Waals surface area contributed by atoms with Gasteiger partial charge in [0.15, 0.2) is 0 Å². The largest absolute Gasteiger partial charge is 0.417 e. The van der Waals surface area contributed by atoms with Crippen molar-refractivity contribution in [3.63, 3.8) is 0 Å². The van der Waals surface area contributed by atoms with Crippen LogP contribution in [0.3, 0.4) is 0 Å². The number of nitrogens with zero attached hydrogens (tertiary/aromatic N) is 3. The van der Waals surface area contributed by atoms with Crippen molar-refractivity contribution >= 4 is 27.7 Å². The van der Waals surface area contributed by atoms with Gasteiger partial charge in [-0.2, -0.15) is 13.2 Å². The van der Waals surface area contributed by atoms with Crippen LogP contribution in [0.1, 0.15) is 24.0 Å². The third kappa shape index (κ3) is 5.47. The Morgan fingerprint density at radius 3 is 2.61 bits per heavy atom. The maximum Gasteiger partial charge on any atom is 0.417 e. The normalized spacial score (nSPS) is 15.4. The summed E-state index contributed by atoms with van der Waals surface area (Å²) in [5.74, 6) is 0.610. The van der Waals surface area contributed by atoms with E-state index in [0.717, 1.165) is 28.7 Å². The van der Waals surface area contributed by atoms with E-state index in [-0.39, 0.29) is 5.91 Å². The molecule has 0 N–H and O–H groups in total. The number of alkyl halides is 3. The third-order valence-corrected chi connectivity index (χ3v) is 5.26. The van der Waals surface area contributed by atoms with Gasteiger partial charge in [0.1, 0.15) is 5.82 Å². The Bertz CT molecular complexity index is 811. The number of hydrogen-bond donors (Lipinski definition) is 0. The summed E-state index contributed by atoms with van der Waals surface area (Å²) < 4.78 is 39.0. The number of amides is 1. The third-order valence-electron chi connectivity index (χ3n) is 4.76. The van der Waals surface area contributed by atoms with Crippen molar-refractivity contribution < 1.29 is 18.0 Å². The molecule has 1 aliphatic heterocycles. The molecule has 0 bridgehead atoms. The van der Waals surface area contributed by atoms with Crippen LogP contribution in [0.15, 0.2) is 47.1 Å². The minimum Gasteiger partial charge on any atom is -0.355 e. The number of pyridine rings is 1. The molecule has 1 aromatic carbocycles. The molecule has 0 radical (unpaired) electrons. The molecular formula is C20H21BrF3N3O. The number of halogens is 4. The average Bonchev–Trinajstić information content (AvgIpc) is 2.92. The van der Waals surface area contributed by atoms with E-state index in [2.05, 4.69) is 20.9 Å². The summed E-state index contributed by atoms with van der Waals surface area (Å²) in [5, 5.41) is 0. The lowest BCUT2D eigenvalue weighted by atomic mass is 10.1. The highest BCUT2D eigenvalue weighted by Crippen LogP contribution is 2.29. The maximum absolute atomic E-state index is 12.7. The Morgan fingerprint density at radius 2 is 1.93 bits per heavy atom. The van der Waals surface area contributed by atoms with Crippen LogP contribution in [-0.2, 0) is 17.4 Å². The van der Waals surface area contributed by atoms with Gasteiger partial charge in [-0.05, 0) is 42.7 Å². The second kappa shape index (κ2) is 8.94. The quantitative estimate of drug-likeness (QED) is 0.679. The van der Waals surface area contributed by atoms with E-state index in [1.54, 1.807) is 0 Å². The lowest BCUT2D eigenvalue weighted by Gasteiger charge is -2.23. The van der Waals surface area contributed by atoms with Gasteiger partial charge < -0.3 is 9.80 Å². The number of aromatic nitrogens is 1. The number of anilines is 1. The summed E-state index contributed by atoms with van der Waals surface area (Å²) in [6.45, 7) is 2.41. The zero-order valence-electron chi connectivity index (χ0n) is 15.3. The van der Waals surface area contributed by atoms with E-state index in [0.29, 0.717) is 44.8 Å². The Balaban J connectivity index is 1.54. The maximum atomic E-state index is 12.7. The summed E-state index contributed by atoms with van der Waals surface area (Å²) in [4.78, 5) is 20.3. The topological polar surface area (TPSA) is 36.4 Å². The van der Waals surface area contributed by atoms with E-state index in [9.17, 15) is 18.0 Å². The van der Waals surface area contributed by atoms with Gasteiger partial charge >= 0.3 is 6.18 Å². The molecule has 8 heteroatoms. The highest BCUT2D eigenvalue weighted by atomic mass is 79.9. The van der Waals surface area contributed by atoms with Gasteiger partial charge in [-0.15, -0.1) is 0 Å². The molecule has 0 aliphatic carbocycles. The predicted molar refractivity (Wildman–Crippen MR) is 105 cm³/mol. The number of hydrogen-bond acceptors (Lipinski definition) is 3. The Hall–Kier alpha value is -2.09. The molecule has 0 atom stereocenters. The Kier molecular flexibility index (Phi) is 6.59. The molecule has 1 aliphatic rings. The van der Waals surface area contributed by atoms with E-state index >= 15 is 0 Å². The van der Waals surface area contributed by atoms with Gasteiger partial charge in [0.25, 0.3) is 0 Å². The van der Waals surface area contributed by atoms with Crippen LogP contribution < -0.4 is 4.90 Å². The number of rotatable bonds is 4. The molecule has 0 spiro atoms. The second-order valence-electron chi connectivity index (χ2n) is 6.75. The van der Waals surface area contributed by atoms with Crippen LogP contribution >= 0.6 is 15.9 Å². The second-order valence-corrected chi connectivity index (χ2v) is 7.67. The first-order chi connectivity index (χ1) is 13.3. The van der Waals surface area contributed by atoms with E-state index in [4.69, 9.17) is 0 Å². The van der Waals surface area contributed by atoms with Crippen LogP contribution in [0.5, 0.6) is 0 Å². The lowest BCUT2D eigenvalue weighted by Crippen LogP contribution is -2.35. The van der Waals surface area contributed by atoms with Crippen LogP contribution in [0.2, 0.25) is 0 Å². The van der Waals surface area contributed by atoms with Crippen LogP contribution in [-0.4, -0.2) is 42.0 Å². The van der Waals surface area contributed by atoms with E-state index < -0.39 is 11.7 Å². The monoisotopic (exact) mass is 455 g/mol. The number of aryl methyl sites for hydroxylation is 1. The lowest BCUT2D eigenvalue weighted by molar-refractivity contribution is -0.137. The molecule has 2 aromatic rings. The first kappa shape index (κ1) is 20.6. The Labute approximate surface area is 170 Å². The van der Waals surface area contributed by atoms with Crippen molar-refractivity contribution in [2.45, 2.75) is 25.4 Å². The van der Waals surface area contributed by atoms with Crippen molar-refractivity contribution in [3.05, 3.63) is 58.2 Å². The van der Waals surface area contributed by atoms with Crippen LogP contribution in [0.4, 0.5) is 19.0 Å².